The Morgan fingerprint density at radius 3 is 1.14 bits per heavy atom. The molecule has 0 fully saturated rings. The average Bonchev–Trinajstić information content (AvgIpc) is 2.82. The summed E-state index contributed by atoms with van der Waals surface area (Å²) in [5.74, 6) is -5.19. The minimum atomic E-state index is -4.92. The molecule has 3 aromatic carbocycles. The standard InChI is InChI=1S/C16H12O4.C8H6O7S/c17-15(18)13-7-3-11(4-8-13)1-2-12-5-9-14(10-6-12)16(19)20;9-7(10)4-2-1-3-5(8(11)12)6(4)16(13,14)15/h1-10H,(H,17,18)(H,19,20);1-3H,(H,9,10)(H,11,12)(H,13,14,15)/b2-1+;. The van der Waals surface area contributed by atoms with Gasteiger partial charge in [0.15, 0.2) is 0 Å². The van der Waals surface area contributed by atoms with Crippen LogP contribution >= 0.6 is 0 Å². The number of rotatable bonds is 7. The van der Waals surface area contributed by atoms with E-state index in [4.69, 9.17) is 25.0 Å². The average molecular weight is 514 g/mol. The van der Waals surface area contributed by atoms with Gasteiger partial charge in [0.05, 0.1) is 22.3 Å². The van der Waals surface area contributed by atoms with Gasteiger partial charge in [-0.1, -0.05) is 42.5 Å². The Bertz CT molecular complexity index is 1340. The summed E-state index contributed by atoms with van der Waals surface area (Å²) in [5, 5.41) is 34.9. The van der Waals surface area contributed by atoms with Gasteiger partial charge in [-0.2, -0.15) is 8.42 Å². The molecule has 0 radical (unpaired) electrons. The third-order valence-electron chi connectivity index (χ3n) is 4.52. The maximum absolute atomic E-state index is 10.9. The molecule has 0 saturated heterocycles. The van der Waals surface area contributed by atoms with Gasteiger partial charge in [0, 0.05) is 0 Å². The van der Waals surface area contributed by atoms with E-state index in [-0.39, 0.29) is 11.1 Å². The third-order valence-corrected chi connectivity index (χ3v) is 5.47. The first-order chi connectivity index (χ1) is 16.8. The molecule has 36 heavy (non-hydrogen) atoms. The molecule has 0 aliphatic heterocycles. The van der Waals surface area contributed by atoms with Crippen molar-refractivity contribution >= 4 is 46.1 Å². The number of carbonyl (C=O) groups is 4. The molecule has 11 nitrogen and oxygen atoms in total. The fourth-order valence-corrected chi connectivity index (χ4v) is 3.68. The zero-order valence-electron chi connectivity index (χ0n) is 18.1. The monoisotopic (exact) mass is 514 g/mol. The first-order valence-electron chi connectivity index (χ1n) is 9.73. The molecule has 0 spiro atoms. The summed E-state index contributed by atoms with van der Waals surface area (Å²) in [5.41, 5.74) is 0.653. The predicted octanol–water partition coefficient (Wildman–Crippen LogP) is 3.58. The molecule has 3 rings (SSSR count). The molecule has 5 N–H and O–H groups in total. The van der Waals surface area contributed by atoms with E-state index < -0.39 is 50.0 Å². The van der Waals surface area contributed by atoms with Crippen LogP contribution in [-0.4, -0.2) is 57.3 Å². The van der Waals surface area contributed by atoms with E-state index in [1.807, 2.05) is 12.2 Å². The highest BCUT2D eigenvalue weighted by Gasteiger charge is 2.27. The van der Waals surface area contributed by atoms with Crippen LogP contribution in [-0.2, 0) is 10.1 Å². The summed E-state index contributed by atoms with van der Waals surface area (Å²) in [7, 11) is -4.92. The summed E-state index contributed by atoms with van der Waals surface area (Å²) in [6.45, 7) is 0. The molecule has 0 saturated carbocycles. The maximum Gasteiger partial charge on any atom is 0.337 e. The first-order valence-corrected chi connectivity index (χ1v) is 11.2. The highest BCUT2D eigenvalue weighted by atomic mass is 32.2. The predicted molar refractivity (Wildman–Crippen MR) is 126 cm³/mol. The van der Waals surface area contributed by atoms with Crippen molar-refractivity contribution in [3.63, 3.8) is 0 Å². The van der Waals surface area contributed by atoms with Gasteiger partial charge in [-0.15, -0.1) is 0 Å². The van der Waals surface area contributed by atoms with Gasteiger partial charge in [0.25, 0.3) is 10.1 Å². The number of carboxylic acids is 4. The van der Waals surface area contributed by atoms with Crippen LogP contribution in [0.4, 0.5) is 0 Å². The van der Waals surface area contributed by atoms with Gasteiger partial charge >= 0.3 is 23.9 Å². The SMILES string of the molecule is O=C(O)c1ccc(/C=C/c2ccc(C(=O)O)cc2)cc1.O=C(O)c1cccc(C(=O)O)c1S(=O)(=O)O. The number of carboxylic acid groups (broad SMARTS) is 4. The van der Waals surface area contributed by atoms with Crippen molar-refractivity contribution in [2.45, 2.75) is 4.90 Å². The van der Waals surface area contributed by atoms with E-state index in [1.165, 1.54) is 24.3 Å². The lowest BCUT2D eigenvalue weighted by molar-refractivity contribution is 0.0675. The van der Waals surface area contributed by atoms with Gasteiger partial charge in [0.2, 0.25) is 0 Å². The Hall–Kier alpha value is -4.81. The van der Waals surface area contributed by atoms with E-state index in [1.54, 1.807) is 24.3 Å². The number of aromatic carboxylic acids is 4. The first kappa shape index (κ1) is 27.4. The largest absolute Gasteiger partial charge is 0.478 e. The Kier molecular flexibility index (Phi) is 8.80. The number of hydrogen-bond donors (Lipinski definition) is 5. The zero-order valence-corrected chi connectivity index (χ0v) is 18.9. The highest BCUT2D eigenvalue weighted by Crippen LogP contribution is 2.21. The minimum absolute atomic E-state index is 0.243. The maximum atomic E-state index is 10.9. The van der Waals surface area contributed by atoms with Gasteiger partial charge in [-0.3, -0.25) is 4.55 Å². The smallest absolute Gasteiger partial charge is 0.337 e. The molecule has 3 aromatic rings. The Labute approximate surface area is 204 Å². The van der Waals surface area contributed by atoms with Crippen molar-refractivity contribution in [1.82, 2.24) is 0 Å². The second-order valence-electron chi connectivity index (χ2n) is 6.96. The zero-order chi connectivity index (χ0) is 27.0. The molecule has 0 aliphatic carbocycles. The van der Waals surface area contributed by atoms with Crippen LogP contribution < -0.4 is 0 Å². The Balaban J connectivity index is 0.000000261. The molecule has 0 unspecified atom stereocenters. The lowest BCUT2D eigenvalue weighted by Crippen LogP contribution is -2.14. The van der Waals surface area contributed by atoms with Crippen molar-refractivity contribution in [2.24, 2.45) is 0 Å². The molecule has 0 atom stereocenters. The summed E-state index contributed by atoms with van der Waals surface area (Å²) in [6, 6.07) is 15.8. The van der Waals surface area contributed by atoms with Gasteiger partial charge < -0.3 is 20.4 Å². The molecule has 0 bridgehead atoms. The highest BCUT2D eigenvalue weighted by molar-refractivity contribution is 7.86. The Morgan fingerprint density at radius 2 is 0.889 bits per heavy atom. The lowest BCUT2D eigenvalue weighted by atomic mass is 10.1. The lowest BCUT2D eigenvalue weighted by Gasteiger charge is -2.05. The summed E-state index contributed by atoms with van der Waals surface area (Å²) in [6.07, 6.45) is 3.67. The number of benzene rings is 3. The molecular formula is C24H18O11S. The topological polar surface area (TPSA) is 204 Å². The van der Waals surface area contributed by atoms with Gasteiger partial charge in [-0.25, -0.2) is 19.2 Å². The van der Waals surface area contributed by atoms with Crippen LogP contribution in [0.1, 0.15) is 52.6 Å². The van der Waals surface area contributed by atoms with Gasteiger partial charge in [-0.05, 0) is 47.5 Å². The normalized spacial score (nSPS) is 10.8. The second kappa shape index (κ2) is 11.6. The fraction of sp³-hybridized carbons (Fsp3) is 0. The summed E-state index contributed by atoms with van der Waals surface area (Å²) in [4.78, 5) is 41.7. The third kappa shape index (κ3) is 7.35. The molecular weight excluding hydrogens is 496 g/mol. The van der Waals surface area contributed by atoms with E-state index in [9.17, 15) is 27.6 Å². The van der Waals surface area contributed by atoms with Crippen molar-refractivity contribution in [2.75, 3.05) is 0 Å². The van der Waals surface area contributed by atoms with Crippen molar-refractivity contribution in [1.29, 1.82) is 0 Å². The van der Waals surface area contributed by atoms with E-state index in [2.05, 4.69) is 0 Å². The van der Waals surface area contributed by atoms with Crippen molar-refractivity contribution in [3.8, 4) is 0 Å². The van der Waals surface area contributed by atoms with Gasteiger partial charge in [0.1, 0.15) is 4.90 Å². The second-order valence-corrected chi connectivity index (χ2v) is 8.31. The summed E-state index contributed by atoms with van der Waals surface area (Å²) >= 11 is 0. The van der Waals surface area contributed by atoms with E-state index in [0.717, 1.165) is 29.3 Å². The van der Waals surface area contributed by atoms with Crippen LogP contribution in [0.2, 0.25) is 0 Å². The van der Waals surface area contributed by atoms with Crippen molar-refractivity contribution in [3.05, 3.63) is 100 Å². The molecule has 0 aliphatic rings. The molecule has 186 valence electrons. The molecule has 0 heterocycles. The molecule has 12 heteroatoms. The summed E-state index contributed by atoms with van der Waals surface area (Å²) < 4.78 is 30.6. The van der Waals surface area contributed by atoms with E-state index in [0.29, 0.717) is 0 Å². The minimum Gasteiger partial charge on any atom is -0.478 e. The number of hydrogen-bond acceptors (Lipinski definition) is 6. The van der Waals surface area contributed by atoms with Crippen LogP contribution in [0.5, 0.6) is 0 Å². The Morgan fingerprint density at radius 1 is 0.556 bits per heavy atom. The fourth-order valence-electron chi connectivity index (χ4n) is 2.82. The van der Waals surface area contributed by atoms with Crippen LogP contribution in [0, 0.1) is 0 Å². The van der Waals surface area contributed by atoms with E-state index >= 15 is 0 Å². The van der Waals surface area contributed by atoms with Crippen LogP contribution in [0.3, 0.4) is 0 Å². The van der Waals surface area contributed by atoms with Crippen LogP contribution in [0.25, 0.3) is 12.2 Å². The quantitative estimate of drug-likeness (QED) is 0.228. The van der Waals surface area contributed by atoms with Crippen molar-refractivity contribution < 1.29 is 52.6 Å². The molecule has 0 amide bonds. The molecule has 0 aromatic heterocycles. The van der Waals surface area contributed by atoms with Crippen LogP contribution in [0.15, 0.2) is 71.6 Å².